The second-order valence-corrected chi connectivity index (χ2v) is 10.0. The standard InChI is InChI=1S/C26H26N2O7S/c1-33-23-13-12-21(15-24(23)34-2)36(31,32)28-16-19-7-5-4-6-18(19)14-22(28)25(29)27-20-10-8-17(9-11-20)26(30)35-3/h4-13,15,22H,14,16H2,1-3H3,(H,27,29)/t22-/m0/s1. The topological polar surface area (TPSA) is 111 Å². The quantitative estimate of drug-likeness (QED) is 0.486. The van der Waals surface area contributed by atoms with Crippen molar-refractivity contribution in [1.29, 1.82) is 0 Å². The molecule has 1 N–H and O–H groups in total. The van der Waals surface area contributed by atoms with E-state index in [0.29, 0.717) is 17.0 Å². The molecule has 3 aromatic rings. The molecule has 1 aliphatic rings. The Hall–Kier alpha value is -3.89. The molecule has 0 saturated carbocycles. The van der Waals surface area contributed by atoms with Crippen molar-refractivity contribution in [3.8, 4) is 11.5 Å². The van der Waals surface area contributed by atoms with Crippen LogP contribution in [0.15, 0.2) is 71.6 Å². The minimum absolute atomic E-state index is 0.0141. The van der Waals surface area contributed by atoms with Gasteiger partial charge in [-0.25, -0.2) is 13.2 Å². The lowest BCUT2D eigenvalue weighted by Crippen LogP contribution is -2.50. The zero-order chi connectivity index (χ0) is 25.9. The van der Waals surface area contributed by atoms with Crippen molar-refractivity contribution in [2.75, 3.05) is 26.6 Å². The summed E-state index contributed by atoms with van der Waals surface area (Å²) in [4.78, 5) is 25.1. The fourth-order valence-electron chi connectivity index (χ4n) is 4.12. The Balaban J connectivity index is 1.68. The fourth-order valence-corrected chi connectivity index (χ4v) is 5.70. The molecule has 4 rings (SSSR count). The first-order valence-electron chi connectivity index (χ1n) is 11.1. The third-order valence-electron chi connectivity index (χ3n) is 6.04. The summed E-state index contributed by atoms with van der Waals surface area (Å²) in [5, 5.41) is 2.78. The Bertz CT molecular complexity index is 1390. The molecule has 0 fully saturated rings. The molecule has 1 heterocycles. The van der Waals surface area contributed by atoms with Crippen LogP contribution in [0.25, 0.3) is 0 Å². The van der Waals surface area contributed by atoms with E-state index in [1.807, 2.05) is 24.3 Å². The maximum Gasteiger partial charge on any atom is 0.337 e. The summed E-state index contributed by atoms with van der Waals surface area (Å²) in [5.74, 6) is -0.323. The number of esters is 1. The lowest BCUT2D eigenvalue weighted by atomic mass is 9.95. The number of sulfonamides is 1. The van der Waals surface area contributed by atoms with Crippen LogP contribution in [-0.4, -0.2) is 52.0 Å². The van der Waals surface area contributed by atoms with Crippen molar-refractivity contribution in [1.82, 2.24) is 4.31 Å². The van der Waals surface area contributed by atoms with Gasteiger partial charge in [-0.2, -0.15) is 4.31 Å². The van der Waals surface area contributed by atoms with Crippen LogP contribution in [0.3, 0.4) is 0 Å². The molecular formula is C26H26N2O7S. The van der Waals surface area contributed by atoms with E-state index >= 15 is 0 Å². The van der Waals surface area contributed by atoms with Crippen LogP contribution in [0, 0.1) is 0 Å². The van der Waals surface area contributed by atoms with Gasteiger partial charge in [0.2, 0.25) is 15.9 Å². The second-order valence-electron chi connectivity index (χ2n) is 8.11. The molecule has 0 radical (unpaired) electrons. The summed E-state index contributed by atoms with van der Waals surface area (Å²) >= 11 is 0. The van der Waals surface area contributed by atoms with Gasteiger partial charge in [0.25, 0.3) is 0 Å². The number of hydrogen-bond acceptors (Lipinski definition) is 7. The summed E-state index contributed by atoms with van der Waals surface area (Å²) < 4.78 is 44.0. The first kappa shape index (κ1) is 25.2. The highest BCUT2D eigenvalue weighted by Gasteiger charge is 2.40. The van der Waals surface area contributed by atoms with Gasteiger partial charge in [-0.1, -0.05) is 24.3 Å². The number of carbonyl (C=O) groups is 2. The monoisotopic (exact) mass is 510 g/mol. The lowest BCUT2D eigenvalue weighted by Gasteiger charge is -2.35. The van der Waals surface area contributed by atoms with Gasteiger partial charge < -0.3 is 19.5 Å². The smallest absolute Gasteiger partial charge is 0.337 e. The molecule has 10 heteroatoms. The van der Waals surface area contributed by atoms with Crippen LogP contribution < -0.4 is 14.8 Å². The number of anilines is 1. The van der Waals surface area contributed by atoms with Crippen molar-refractivity contribution in [2.45, 2.75) is 23.9 Å². The molecular weight excluding hydrogens is 484 g/mol. The molecule has 1 atom stereocenters. The summed E-state index contributed by atoms with van der Waals surface area (Å²) in [7, 11) is 0.0774. The summed E-state index contributed by atoms with van der Waals surface area (Å²) in [5.41, 5.74) is 2.49. The molecule has 36 heavy (non-hydrogen) atoms. The molecule has 0 unspecified atom stereocenters. The van der Waals surface area contributed by atoms with E-state index in [2.05, 4.69) is 5.32 Å². The summed E-state index contributed by atoms with van der Waals surface area (Å²) in [6.07, 6.45) is 0.203. The Labute approximate surface area is 209 Å². The van der Waals surface area contributed by atoms with E-state index in [1.165, 1.54) is 56.0 Å². The van der Waals surface area contributed by atoms with Gasteiger partial charge in [0.15, 0.2) is 11.5 Å². The third-order valence-corrected chi connectivity index (χ3v) is 7.89. The number of ether oxygens (including phenoxy) is 3. The Morgan fingerprint density at radius 2 is 1.56 bits per heavy atom. The molecule has 0 spiro atoms. The SMILES string of the molecule is COC(=O)c1ccc(NC(=O)[C@@H]2Cc3ccccc3CN2S(=O)(=O)c2ccc(OC)c(OC)c2)cc1. The number of nitrogens with zero attached hydrogens (tertiary/aromatic N) is 1. The molecule has 1 amide bonds. The number of amides is 1. The number of rotatable bonds is 7. The van der Waals surface area contributed by atoms with Gasteiger partial charge in [-0.05, 0) is 53.9 Å². The van der Waals surface area contributed by atoms with Gasteiger partial charge in [-0.15, -0.1) is 0 Å². The van der Waals surface area contributed by atoms with Crippen molar-refractivity contribution < 1.29 is 32.2 Å². The maximum atomic E-state index is 13.8. The molecule has 0 saturated heterocycles. The van der Waals surface area contributed by atoms with Gasteiger partial charge in [-0.3, -0.25) is 4.79 Å². The predicted octanol–water partition coefficient (Wildman–Crippen LogP) is 3.24. The molecule has 9 nitrogen and oxygen atoms in total. The van der Waals surface area contributed by atoms with Crippen LogP contribution in [-0.2, 0) is 32.5 Å². The van der Waals surface area contributed by atoms with Gasteiger partial charge >= 0.3 is 5.97 Å². The highest BCUT2D eigenvalue weighted by atomic mass is 32.2. The molecule has 1 aliphatic heterocycles. The molecule has 0 bridgehead atoms. The van der Waals surface area contributed by atoms with E-state index < -0.39 is 27.9 Å². The molecule has 188 valence electrons. The number of fused-ring (bicyclic) bond motifs is 1. The average Bonchev–Trinajstić information content (AvgIpc) is 2.91. The third kappa shape index (κ3) is 4.91. The number of methoxy groups -OCH3 is 3. The van der Waals surface area contributed by atoms with Crippen LogP contribution in [0.4, 0.5) is 5.69 Å². The maximum absolute atomic E-state index is 13.8. The largest absolute Gasteiger partial charge is 0.493 e. The minimum Gasteiger partial charge on any atom is -0.493 e. The van der Waals surface area contributed by atoms with Crippen molar-refractivity contribution in [2.24, 2.45) is 0 Å². The number of carbonyl (C=O) groups excluding carboxylic acids is 2. The average molecular weight is 511 g/mol. The number of benzene rings is 3. The number of hydrogen-bond donors (Lipinski definition) is 1. The van der Waals surface area contributed by atoms with E-state index in [9.17, 15) is 18.0 Å². The van der Waals surface area contributed by atoms with Crippen LogP contribution in [0.1, 0.15) is 21.5 Å². The normalized spacial score (nSPS) is 15.5. The van der Waals surface area contributed by atoms with Gasteiger partial charge in [0.05, 0.1) is 31.8 Å². The Morgan fingerprint density at radius 3 is 2.19 bits per heavy atom. The van der Waals surface area contributed by atoms with E-state index in [4.69, 9.17) is 14.2 Å². The fraction of sp³-hybridized carbons (Fsp3) is 0.231. The Morgan fingerprint density at radius 1 is 0.889 bits per heavy atom. The Kier molecular flexibility index (Phi) is 7.27. The summed E-state index contributed by atoms with van der Waals surface area (Å²) in [6, 6.07) is 16.9. The zero-order valence-corrected chi connectivity index (χ0v) is 20.9. The van der Waals surface area contributed by atoms with Crippen LogP contribution >= 0.6 is 0 Å². The molecule has 0 aliphatic carbocycles. The molecule has 0 aromatic heterocycles. The first-order chi connectivity index (χ1) is 17.3. The highest BCUT2D eigenvalue weighted by Crippen LogP contribution is 2.34. The first-order valence-corrected chi connectivity index (χ1v) is 12.5. The van der Waals surface area contributed by atoms with Crippen LogP contribution in [0.5, 0.6) is 11.5 Å². The van der Waals surface area contributed by atoms with Crippen LogP contribution in [0.2, 0.25) is 0 Å². The van der Waals surface area contributed by atoms with Crippen molar-refractivity contribution >= 4 is 27.6 Å². The summed E-state index contributed by atoms with van der Waals surface area (Å²) in [6.45, 7) is 0.0339. The minimum atomic E-state index is -4.09. The predicted molar refractivity (Wildman–Crippen MR) is 133 cm³/mol. The molecule has 3 aromatic carbocycles. The number of nitrogens with one attached hydrogen (secondary N) is 1. The second kappa shape index (κ2) is 10.4. The van der Waals surface area contributed by atoms with E-state index in [-0.39, 0.29) is 23.6 Å². The zero-order valence-electron chi connectivity index (χ0n) is 20.1. The lowest BCUT2D eigenvalue weighted by molar-refractivity contribution is -0.120. The van der Waals surface area contributed by atoms with Crippen molar-refractivity contribution in [3.63, 3.8) is 0 Å². The van der Waals surface area contributed by atoms with E-state index in [0.717, 1.165) is 11.1 Å². The van der Waals surface area contributed by atoms with Gasteiger partial charge in [0, 0.05) is 18.3 Å². The highest BCUT2D eigenvalue weighted by molar-refractivity contribution is 7.89. The van der Waals surface area contributed by atoms with Crippen molar-refractivity contribution in [3.05, 3.63) is 83.4 Å². The van der Waals surface area contributed by atoms with E-state index in [1.54, 1.807) is 12.1 Å². The van der Waals surface area contributed by atoms with Gasteiger partial charge in [0.1, 0.15) is 6.04 Å².